The first-order valence-electron chi connectivity index (χ1n) is 7.63. The minimum Gasteiger partial charge on any atom is -0.481 e. The van der Waals surface area contributed by atoms with Gasteiger partial charge in [0.2, 0.25) is 5.91 Å². The van der Waals surface area contributed by atoms with Gasteiger partial charge in [-0.1, -0.05) is 31.2 Å². The van der Waals surface area contributed by atoms with E-state index in [4.69, 9.17) is 9.84 Å². The number of morpholine rings is 1. The molecule has 0 aromatic heterocycles. The maximum absolute atomic E-state index is 12.6. The Bertz CT molecular complexity index is 543. The fourth-order valence-electron chi connectivity index (χ4n) is 2.98. The van der Waals surface area contributed by atoms with E-state index in [0.717, 1.165) is 0 Å². The second-order valence-electron chi connectivity index (χ2n) is 5.88. The number of hydrogen-bond donors (Lipinski definition) is 1. The third kappa shape index (κ3) is 4.07. The highest BCUT2D eigenvalue weighted by atomic mass is 16.5. The van der Waals surface area contributed by atoms with Crippen molar-refractivity contribution in [3.63, 3.8) is 0 Å². The molecule has 5 heteroatoms. The van der Waals surface area contributed by atoms with Crippen LogP contribution in [0.3, 0.4) is 0 Å². The van der Waals surface area contributed by atoms with Crippen LogP contribution in [0.5, 0.6) is 0 Å². The number of carboxylic acid groups (broad SMARTS) is 1. The van der Waals surface area contributed by atoms with Gasteiger partial charge in [0.15, 0.2) is 0 Å². The molecule has 1 saturated heterocycles. The fourth-order valence-corrected chi connectivity index (χ4v) is 2.98. The lowest BCUT2D eigenvalue weighted by Gasteiger charge is -2.35. The summed E-state index contributed by atoms with van der Waals surface area (Å²) < 4.78 is 5.31. The Morgan fingerprint density at radius 3 is 2.82 bits per heavy atom. The summed E-state index contributed by atoms with van der Waals surface area (Å²) in [5.74, 6) is -0.785. The Morgan fingerprint density at radius 1 is 1.41 bits per heavy atom. The first-order valence-corrected chi connectivity index (χ1v) is 7.63. The Labute approximate surface area is 130 Å². The van der Waals surface area contributed by atoms with Crippen molar-refractivity contribution in [2.45, 2.75) is 38.6 Å². The van der Waals surface area contributed by atoms with Crippen LogP contribution >= 0.6 is 0 Å². The molecule has 0 radical (unpaired) electrons. The molecule has 2 unspecified atom stereocenters. The molecule has 0 saturated carbocycles. The first kappa shape index (κ1) is 16.5. The van der Waals surface area contributed by atoms with Crippen LogP contribution in [0, 0.1) is 6.92 Å². The first-order chi connectivity index (χ1) is 10.5. The molecule has 1 amide bonds. The van der Waals surface area contributed by atoms with Gasteiger partial charge in [-0.05, 0) is 24.0 Å². The molecule has 2 atom stereocenters. The molecule has 1 fully saturated rings. The van der Waals surface area contributed by atoms with Crippen molar-refractivity contribution in [1.29, 1.82) is 0 Å². The average molecular weight is 305 g/mol. The van der Waals surface area contributed by atoms with Crippen LogP contribution in [0.15, 0.2) is 24.3 Å². The van der Waals surface area contributed by atoms with E-state index in [0.29, 0.717) is 26.2 Å². The van der Waals surface area contributed by atoms with E-state index in [-0.39, 0.29) is 24.3 Å². The zero-order chi connectivity index (χ0) is 16.1. The summed E-state index contributed by atoms with van der Waals surface area (Å²) in [5.41, 5.74) is 2.34. The summed E-state index contributed by atoms with van der Waals surface area (Å²) in [6.45, 7) is 5.32. The summed E-state index contributed by atoms with van der Waals surface area (Å²) in [7, 11) is 0. The van der Waals surface area contributed by atoms with Gasteiger partial charge >= 0.3 is 5.97 Å². The summed E-state index contributed by atoms with van der Waals surface area (Å²) in [4.78, 5) is 25.2. The van der Waals surface area contributed by atoms with Gasteiger partial charge in [-0.3, -0.25) is 9.59 Å². The van der Waals surface area contributed by atoms with Crippen LogP contribution < -0.4 is 0 Å². The molecule has 1 aromatic carbocycles. The van der Waals surface area contributed by atoms with Gasteiger partial charge in [0.25, 0.3) is 0 Å². The predicted molar refractivity (Wildman–Crippen MR) is 82.8 cm³/mol. The predicted octanol–water partition coefficient (Wildman–Crippen LogP) is 2.19. The lowest BCUT2D eigenvalue weighted by molar-refractivity contribution is -0.146. The number of rotatable bonds is 5. The Balaban J connectivity index is 2.03. The number of hydrogen-bond acceptors (Lipinski definition) is 3. The van der Waals surface area contributed by atoms with E-state index in [1.54, 1.807) is 4.90 Å². The number of carbonyl (C=O) groups is 2. The highest BCUT2D eigenvalue weighted by molar-refractivity contribution is 5.78. The third-order valence-electron chi connectivity index (χ3n) is 4.16. The van der Waals surface area contributed by atoms with Gasteiger partial charge in [0.1, 0.15) is 0 Å². The second kappa shape index (κ2) is 7.40. The smallest absolute Gasteiger partial charge is 0.305 e. The standard InChI is InChI=1S/C17H23NO4/c1-12-5-3-4-6-15(12)13(2)9-16(19)18-7-8-22-11-14(18)10-17(20)21/h3-6,13-14H,7-11H2,1-2H3,(H,20,21). The van der Waals surface area contributed by atoms with E-state index < -0.39 is 5.97 Å². The number of carbonyl (C=O) groups excluding carboxylic acids is 1. The quantitative estimate of drug-likeness (QED) is 0.905. The van der Waals surface area contributed by atoms with Gasteiger partial charge in [-0.25, -0.2) is 0 Å². The number of carboxylic acids is 1. The maximum atomic E-state index is 12.6. The van der Waals surface area contributed by atoms with E-state index in [1.165, 1.54) is 11.1 Å². The van der Waals surface area contributed by atoms with Crippen LogP contribution in [-0.4, -0.2) is 47.7 Å². The second-order valence-corrected chi connectivity index (χ2v) is 5.88. The highest BCUT2D eigenvalue weighted by Crippen LogP contribution is 2.24. The number of ether oxygens (including phenoxy) is 1. The van der Waals surface area contributed by atoms with Crippen molar-refractivity contribution in [2.24, 2.45) is 0 Å². The number of benzene rings is 1. The van der Waals surface area contributed by atoms with Crippen LogP contribution in [-0.2, 0) is 14.3 Å². The molecule has 2 rings (SSSR count). The van der Waals surface area contributed by atoms with E-state index in [1.807, 2.05) is 38.1 Å². The summed E-state index contributed by atoms with van der Waals surface area (Å²) in [6, 6.07) is 7.69. The Morgan fingerprint density at radius 2 is 2.14 bits per heavy atom. The van der Waals surface area contributed by atoms with Crippen LogP contribution in [0.4, 0.5) is 0 Å². The number of nitrogens with zero attached hydrogens (tertiary/aromatic N) is 1. The summed E-state index contributed by atoms with van der Waals surface area (Å²) in [5, 5.41) is 8.97. The Kier molecular flexibility index (Phi) is 5.55. The van der Waals surface area contributed by atoms with Gasteiger partial charge in [0, 0.05) is 13.0 Å². The summed E-state index contributed by atoms with van der Waals surface area (Å²) >= 11 is 0. The van der Waals surface area contributed by atoms with E-state index in [2.05, 4.69) is 0 Å². The molecular formula is C17H23NO4. The highest BCUT2D eigenvalue weighted by Gasteiger charge is 2.29. The maximum Gasteiger partial charge on any atom is 0.305 e. The third-order valence-corrected chi connectivity index (χ3v) is 4.16. The lowest BCUT2D eigenvalue weighted by atomic mass is 9.93. The Hall–Kier alpha value is -1.88. The van der Waals surface area contributed by atoms with Crippen LogP contribution in [0.2, 0.25) is 0 Å². The molecule has 5 nitrogen and oxygen atoms in total. The van der Waals surface area contributed by atoms with Crippen LogP contribution in [0.25, 0.3) is 0 Å². The monoisotopic (exact) mass is 305 g/mol. The lowest BCUT2D eigenvalue weighted by Crippen LogP contribution is -2.49. The van der Waals surface area contributed by atoms with E-state index in [9.17, 15) is 9.59 Å². The molecule has 1 aliphatic heterocycles. The summed E-state index contributed by atoms with van der Waals surface area (Å²) in [6.07, 6.45) is 0.325. The molecule has 1 N–H and O–H groups in total. The number of aliphatic carboxylic acids is 1. The largest absolute Gasteiger partial charge is 0.481 e. The zero-order valence-corrected chi connectivity index (χ0v) is 13.1. The average Bonchev–Trinajstić information content (AvgIpc) is 2.47. The van der Waals surface area contributed by atoms with Gasteiger partial charge < -0.3 is 14.7 Å². The van der Waals surface area contributed by atoms with Gasteiger partial charge in [0.05, 0.1) is 25.7 Å². The number of aryl methyl sites for hydroxylation is 1. The minimum atomic E-state index is -0.903. The fraction of sp³-hybridized carbons (Fsp3) is 0.529. The normalized spacial score (nSPS) is 19.7. The van der Waals surface area contributed by atoms with Crippen molar-refractivity contribution in [3.8, 4) is 0 Å². The van der Waals surface area contributed by atoms with Crippen molar-refractivity contribution in [2.75, 3.05) is 19.8 Å². The minimum absolute atomic E-state index is 0.00491. The van der Waals surface area contributed by atoms with Crippen molar-refractivity contribution < 1.29 is 19.4 Å². The van der Waals surface area contributed by atoms with Gasteiger partial charge in [-0.2, -0.15) is 0 Å². The van der Waals surface area contributed by atoms with Crippen molar-refractivity contribution in [1.82, 2.24) is 4.90 Å². The van der Waals surface area contributed by atoms with Crippen molar-refractivity contribution >= 4 is 11.9 Å². The topological polar surface area (TPSA) is 66.8 Å². The molecular weight excluding hydrogens is 282 g/mol. The van der Waals surface area contributed by atoms with Crippen molar-refractivity contribution in [3.05, 3.63) is 35.4 Å². The molecule has 0 bridgehead atoms. The SMILES string of the molecule is Cc1ccccc1C(C)CC(=O)N1CCOCC1CC(=O)O. The van der Waals surface area contributed by atoms with Crippen LogP contribution in [0.1, 0.15) is 36.8 Å². The molecule has 120 valence electrons. The molecule has 1 heterocycles. The molecule has 1 aliphatic rings. The number of amides is 1. The molecule has 22 heavy (non-hydrogen) atoms. The molecule has 1 aromatic rings. The van der Waals surface area contributed by atoms with E-state index >= 15 is 0 Å². The van der Waals surface area contributed by atoms with Gasteiger partial charge in [-0.15, -0.1) is 0 Å². The molecule has 0 aliphatic carbocycles. The zero-order valence-electron chi connectivity index (χ0n) is 13.1. The molecule has 0 spiro atoms.